The van der Waals surface area contributed by atoms with Gasteiger partial charge in [-0.15, -0.1) is 6.58 Å². The highest BCUT2D eigenvalue weighted by molar-refractivity contribution is 4.76. The highest BCUT2D eigenvalue weighted by Gasteiger charge is 2.08. The van der Waals surface area contributed by atoms with Gasteiger partial charge in [-0.2, -0.15) is 0 Å². The Hall–Kier alpha value is -0.380. The van der Waals surface area contributed by atoms with Crippen LogP contribution in [0.4, 0.5) is 0 Å². The second-order valence-electron chi connectivity index (χ2n) is 3.94. The number of ether oxygens (including phenoxy) is 1. The number of hydrogen-bond acceptors (Lipinski definition) is 3. The molecule has 1 unspecified atom stereocenters. The minimum absolute atomic E-state index is 0.279. The zero-order valence-corrected chi connectivity index (χ0v) is 10.2. The molecule has 0 heterocycles. The van der Waals surface area contributed by atoms with Gasteiger partial charge in [0.1, 0.15) is 0 Å². The summed E-state index contributed by atoms with van der Waals surface area (Å²) in [7, 11) is 1.73. The maximum atomic E-state index is 6.05. The van der Waals surface area contributed by atoms with Crippen LogP contribution in [0.1, 0.15) is 26.2 Å². The van der Waals surface area contributed by atoms with E-state index in [0.29, 0.717) is 0 Å². The molecule has 90 valence electrons. The van der Waals surface area contributed by atoms with Gasteiger partial charge in [-0.3, -0.25) is 4.90 Å². The summed E-state index contributed by atoms with van der Waals surface area (Å²) < 4.78 is 5.06. The van der Waals surface area contributed by atoms with Gasteiger partial charge < -0.3 is 10.5 Å². The van der Waals surface area contributed by atoms with Crippen molar-refractivity contribution in [2.45, 2.75) is 32.2 Å². The van der Waals surface area contributed by atoms with Gasteiger partial charge in [-0.05, 0) is 6.42 Å². The van der Waals surface area contributed by atoms with E-state index in [-0.39, 0.29) is 6.04 Å². The van der Waals surface area contributed by atoms with Crippen LogP contribution in [0.5, 0.6) is 0 Å². The Balaban J connectivity index is 3.75. The van der Waals surface area contributed by atoms with Crippen LogP contribution >= 0.6 is 0 Å². The Morgan fingerprint density at radius 2 is 2.27 bits per heavy atom. The Morgan fingerprint density at radius 3 is 2.80 bits per heavy atom. The summed E-state index contributed by atoms with van der Waals surface area (Å²) in [5.74, 6) is 0. The van der Waals surface area contributed by atoms with E-state index in [0.717, 1.165) is 32.7 Å². The fraction of sp³-hybridized carbons (Fsp3) is 0.833. The molecule has 0 amide bonds. The standard InChI is InChI=1S/C12H26N2O/c1-4-6-7-12(13)11-14(8-5-2)9-10-15-3/h5,12H,2,4,6-11,13H2,1,3H3. The molecule has 0 saturated carbocycles. The number of nitrogens with two attached hydrogens (primary N) is 1. The van der Waals surface area contributed by atoms with Crippen molar-refractivity contribution in [2.75, 3.05) is 33.4 Å². The fourth-order valence-electron chi connectivity index (χ4n) is 1.55. The van der Waals surface area contributed by atoms with Crippen molar-refractivity contribution in [3.63, 3.8) is 0 Å². The van der Waals surface area contributed by atoms with Crippen LogP contribution in [-0.2, 0) is 4.74 Å². The molecular formula is C12H26N2O. The quantitative estimate of drug-likeness (QED) is 0.562. The predicted octanol–water partition coefficient (Wildman–Crippen LogP) is 1.64. The third-order valence-electron chi connectivity index (χ3n) is 2.42. The van der Waals surface area contributed by atoms with Crippen molar-refractivity contribution in [2.24, 2.45) is 5.73 Å². The number of hydrogen-bond donors (Lipinski definition) is 1. The Labute approximate surface area is 94.3 Å². The Bertz CT molecular complexity index is 151. The second-order valence-corrected chi connectivity index (χ2v) is 3.94. The Kier molecular flexibility index (Phi) is 9.89. The topological polar surface area (TPSA) is 38.5 Å². The molecule has 0 aromatic carbocycles. The minimum atomic E-state index is 0.279. The van der Waals surface area contributed by atoms with Gasteiger partial charge in [-0.25, -0.2) is 0 Å². The Morgan fingerprint density at radius 1 is 1.53 bits per heavy atom. The number of rotatable bonds is 10. The molecule has 0 aliphatic rings. The summed E-state index contributed by atoms with van der Waals surface area (Å²) in [6.45, 7) is 9.47. The molecule has 0 aromatic rings. The predicted molar refractivity (Wildman–Crippen MR) is 66.0 cm³/mol. The fourth-order valence-corrected chi connectivity index (χ4v) is 1.55. The van der Waals surface area contributed by atoms with Gasteiger partial charge in [0.2, 0.25) is 0 Å². The third-order valence-corrected chi connectivity index (χ3v) is 2.42. The van der Waals surface area contributed by atoms with E-state index in [1.165, 1.54) is 12.8 Å². The van der Waals surface area contributed by atoms with E-state index >= 15 is 0 Å². The number of unbranched alkanes of at least 4 members (excludes halogenated alkanes) is 1. The normalized spacial score (nSPS) is 13.1. The summed E-state index contributed by atoms with van der Waals surface area (Å²) in [5.41, 5.74) is 6.05. The maximum absolute atomic E-state index is 6.05. The van der Waals surface area contributed by atoms with Gasteiger partial charge in [0.25, 0.3) is 0 Å². The molecule has 1 atom stereocenters. The zero-order valence-electron chi connectivity index (χ0n) is 10.2. The zero-order chi connectivity index (χ0) is 11.5. The molecule has 0 bridgehead atoms. The summed E-state index contributed by atoms with van der Waals surface area (Å²) in [6.07, 6.45) is 5.46. The largest absolute Gasteiger partial charge is 0.383 e. The highest BCUT2D eigenvalue weighted by atomic mass is 16.5. The van der Waals surface area contributed by atoms with E-state index in [4.69, 9.17) is 10.5 Å². The van der Waals surface area contributed by atoms with E-state index in [9.17, 15) is 0 Å². The molecule has 0 aliphatic heterocycles. The van der Waals surface area contributed by atoms with Gasteiger partial charge >= 0.3 is 0 Å². The third kappa shape index (κ3) is 8.60. The number of nitrogens with zero attached hydrogens (tertiary/aromatic N) is 1. The van der Waals surface area contributed by atoms with E-state index in [2.05, 4.69) is 18.4 Å². The molecular weight excluding hydrogens is 188 g/mol. The lowest BCUT2D eigenvalue weighted by Crippen LogP contribution is -2.39. The molecule has 0 rings (SSSR count). The molecule has 0 aliphatic carbocycles. The van der Waals surface area contributed by atoms with Gasteiger partial charge in [-0.1, -0.05) is 25.8 Å². The first-order valence-electron chi connectivity index (χ1n) is 5.82. The van der Waals surface area contributed by atoms with Gasteiger partial charge in [0.15, 0.2) is 0 Å². The molecule has 0 saturated heterocycles. The molecule has 2 N–H and O–H groups in total. The molecule has 0 radical (unpaired) electrons. The van der Waals surface area contributed by atoms with E-state index in [1.807, 2.05) is 6.08 Å². The lowest BCUT2D eigenvalue weighted by atomic mass is 10.1. The van der Waals surface area contributed by atoms with Crippen molar-refractivity contribution < 1.29 is 4.74 Å². The SMILES string of the molecule is C=CCN(CCOC)CC(N)CCCC. The van der Waals surface area contributed by atoms with Crippen LogP contribution in [0.3, 0.4) is 0 Å². The van der Waals surface area contributed by atoms with Crippen molar-refractivity contribution in [1.29, 1.82) is 0 Å². The van der Waals surface area contributed by atoms with Crippen LogP contribution in [0.15, 0.2) is 12.7 Å². The van der Waals surface area contributed by atoms with E-state index in [1.54, 1.807) is 7.11 Å². The van der Waals surface area contributed by atoms with Crippen molar-refractivity contribution in [3.05, 3.63) is 12.7 Å². The van der Waals surface area contributed by atoms with Crippen LogP contribution in [0.2, 0.25) is 0 Å². The first-order chi connectivity index (χ1) is 7.24. The number of methoxy groups -OCH3 is 1. The lowest BCUT2D eigenvalue weighted by Gasteiger charge is -2.23. The van der Waals surface area contributed by atoms with Crippen LogP contribution in [-0.4, -0.2) is 44.3 Å². The summed E-state index contributed by atoms with van der Waals surface area (Å²) >= 11 is 0. The molecule has 15 heavy (non-hydrogen) atoms. The average molecular weight is 214 g/mol. The summed E-state index contributed by atoms with van der Waals surface area (Å²) in [6, 6.07) is 0.279. The molecule has 3 nitrogen and oxygen atoms in total. The first kappa shape index (κ1) is 14.6. The molecule has 0 fully saturated rings. The average Bonchev–Trinajstić information content (AvgIpc) is 2.23. The van der Waals surface area contributed by atoms with Crippen LogP contribution in [0, 0.1) is 0 Å². The van der Waals surface area contributed by atoms with Crippen LogP contribution in [0.25, 0.3) is 0 Å². The van der Waals surface area contributed by atoms with Crippen molar-refractivity contribution in [1.82, 2.24) is 4.90 Å². The first-order valence-corrected chi connectivity index (χ1v) is 5.82. The maximum Gasteiger partial charge on any atom is 0.0589 e. The monoisotopic (exact) mass is 214 g/mol. The smallest absolute Gasteiger partial charge is 0.0589 e. The highest BCUT2D eigenvalue weighted by Crippen LogP contribution is 2.01. The molecule has 3 heteroatoms. The summed E-state index contributed by atoms with van der Waals surface area (Å²) in [5, 5.41) is 0. The van der Waals surface area contributed by atoms with Gasteiger partial charge in [0, 0.05) is 32.8 Å². The second kappa shape index (κ2) is 10.1. The van der Waals surface area contributed by atoms with Crippen LogP contribution < -0.4 is 5.73 Å². The summed E-state index contributed by atoms with van der Waals surface area (Å²) in [4.78, 5) is 2.29. The van der Waals surface area contributed by atoms with Gasteiger partial charge in [0.05, 0.1) is 6.61 Å². The van der Waals surface area contributed by atoms with Crippen molar-refractivity contribution in [3.8, 4) is 0 Å². The molecule has 0 spiro atoms. The van der Waals surface area contributed by atoms with Crippen molar-refractivity contribution >= 4 is 0 Å². The van der Waals surface area contributed by atoms with E-state index < -0.39 is 0 Å². The lowest BCUT2D eigenvalue weighted by molar-refractivity contribution is 0.150. The minimum Gasteiger partial charge on any atom is -0.383 e. The molecule has 0 aromatic heterocycles.